The Morgan fingerprint density at radius 1 is 1.28 bits per heavy atom. The third kappa shape index (κ3) is 1.81. The van der Waals surface area contributed by atoms with Gasteiger partial charge in [0.2, 0.25) is 5.95 Å². The van der Waals surface area contributed by atoms with Crippen molar-refractivity contribution < 1.29 is 4.74 Å². The standard InChI is InChI=1S/C11H16N6O/c1-18-11-14-7-8(12)15-10(13)16-9(7)17(11)5-4-6-2-3-6/h6H,2-5H2,1H3,(H4,12,13,15,16). The van der Waals surface area contributed by atoms with E-state index in [1.807, 2.05) is 4.57 Å². The molecule has 0 spiro atoms. The van der Waals surface area contributed by atoms with Crippen molar-refractivity contribution in [1.82, 2.24) is 19.5 Å². The molecule has 1 saturated carbocycles. The van der Waals surface area contributed by atoms with Gasteiger partial charge in [-0.2, -0.15) is 15.0 Å². The number of nitrogen functional groups attached to an aromatic ring is 2. The Hall–Kier alpha value is -2.05. The van der Waals surface area contributed by atoms with Gasteiger partial charge < -0.3 is 16.2 Å². The first-order valence-electron chi connectivity index (χ1n) is 6.02. The average Bonchev–Trinajstić information content (AvgIpc) is 3.08. The van der Waals surface area contributed by atoms with Crippen LogP contribution in [-0.2, 0) is 6.54 Å². The van der Waals surface area contributed by atoms with E-state index in [-0.39, 0.29) is 5.95 Å². The first-order chi connectivity index (χ1) is 8.69. The molecule has 1 aliphatic rings. The molecule has 7 heteroatoms. The van der Waals surface area contributed by atoms with Gasteiger partial charge in [-0.1, -0.05) is 12.8 Å². The maximum absolute atomic E-state index is 5.80. The summed E-state index contributed by atoms with van der Waals surface area (Å²) in [6.07, 6.45) is 3.73. The van der Waals surface area contributed by atoms with E-state index in [1.54, 1.807) is 7.11 Å². The average molecular weight is 248 g/mol. The normalized spacial score (nSPS) is 15.2. The molecule has 0 aliphatic heterocycles. The number of nitrogens with zero attached hydrogens (tertiary/aromatic N) is 4. The van der Waals surface area contributed by atoms with Crippen LogP contribution in [0.25, 0.3) is 11.2 Å². The second-order valence-electron chi connectivity index (χ2n) is 4.62. The van der Waals surface area contributed by atoms with Crippen molar-refractivity contribution in [1.29, 1.82) is 0 Å². The Kier molecular flexibility index (Phi) is 2.46. The third-order valence-electron chi connectivity index (χ3n) is 3.24. The Labute approximate surface area is 104 Å². The second kappa shape index (κ2) is 4.01. The van der Waals surface area contributed by atoms with Gasteiger partial charge in [0.15, 0.2) is 17.0 Å². The SMILES string of the molecule is COc1nc2c(N)nc(N)nc2n1CCC1CC1. The number of aromatic nitrogens is 4. The van der Waals surface area contributed by atoms with Crippen LogP contribution >= 0.6 is 0 Å². The highest BCUT2D eigenvalue weighted by Gasteiger charge is 2.23. The zero-order valence-electron chi connectivity index (χ0n) is 10.3. The molecule has 2 aromatic heterocycles. The van der Waals surface area contributed by atoms with Gasteiger partial charge in [0.1, 0.15) is 0 Å². The van der Waals surface area contributed by atoms with Gasteiger partial charge in [-0.3, -0.25) is 4.57 Å². The number of hydrogen-bond donors (Lipinski definition) is 2. The van der Waals surface area contributed by atoms with Crippen molar-refractivity contribution >= 4 is 22.9 Å². The van der Waals surface area contributed by atoms with Crippen molar-refractivity contribution in [3.63, 3.8) is 0 Å². The van der Waals surface area contributed by atoms with Crippen LogP contribution in [0.15, 0.2) is 0 Å². The number of anilines is 2. The van der Waals surface area contributed by atoms with Crippen LogP contribution in [0.3, 0.4) is 0 Å². The van der Waals surface area contributed by atoms with E-state index in [2.05, 4.69) is 15.0 Å². The molecule has 0 saturated heterocycles. The Morgan fingerprint density at radius 2 is 2.06 bits per heavy atom. The highest BCUT2D eigenvalue weighted by molar-refractivity contribution is 5.83. The lowest BCUT2D eigenvalue weighted by Crippen LogP contribution is -2.05. The Morgan fingerprint density at radius 3 is 2.72 bits per heavy atom. The summed E-state index contributed by atoms with van der Waals surface area (Å²) in [5.41, 5.74) is 12.6. The molecular formula is C11H16N6O. The summed E-state index contributed by atoms with van der Waals surface area (Å²) >= 11 is 0. The van der Waals surface area contributed by atoms with Crippen LogP contribution in [-0.4, -0.2) is 26.6 Å². The van der Waals surface area contributed by atoms with Crippen LogP contribution in [0.5, 0.6) is 6.01 Å². The van der Waals surface area contributed by atoms with Gasteiger partial charge >= 0.3 is 0 Å². The molecule has 0 aromatic carbocycles. The van der Waals surface area contributed by atoms with E-state index in [1.165, 1.54) is 12.8 Å². The van der Waals surface area contributed by atoms with E-state index < -0.39 is 0 Å². The van der Waals surface area contributed by atoms with Crippen molar-refractivity contribution in [3.8, 4) is 6.01 Å². The van der Waals surface area contributed by atoms with Gasteiger partial charge in [-0.25, -0.2) is 0 Å². The minimum Gasteiger partial charge on any atom is -0.468 e. The Balaban J connectivity index is 2.06. The predicted octanol–water partition coefficient (Wildman–Crippen LogP) is 0.799. The van der Waals surface area contributed by atoms with Crippen LogP contribution in [0.1, 0.15) is 19.3 Å². The summed E-state index contributed by atoms with van der Waals surface area (Å²) in [7, 11) is 1.59. The highest BCUT2D eigenvalue weighted by Crippen LogP contribution is 2.34. The van der Waals surface area contributed by atoms with Gasteiger partial charge in [0, 0.05) is 6.54 Å². The molecule has 4 N–H and O–H groups in total. The lowest BCUT2D eigenvalue weighted by Gasteiger charge is -2.06. The monoisotopic (exact) mass is 248 g/mol. The quantitative estimate of drug-likeness (QED) is 0.829. The molecule has 1 aliphatic carbocycles. The second-order valence-corrected chi connectivity index (χ2v) is 4.62. The van der Waals surface area contributed by atoms with Crippen LogP contribution in [0.4, 0.5) is 11.8 Å². The molecule has 3 rings (SSSR count). The fourth-order valence-electron chi connectivity index (χ4n) is 2.10. The molecule has 0 radical (unpaired) electrons. The predicted molar refractivity (Wildman–Crippen MR) is 68.0 cm³/mol. The first-order valence-corrected chi connectivity index (χ1v) is 6.02. The van der Waals surface area contributed by atoms with E-state index >= 15 is 0 Å². The molecule has 0 bridgehead atoms. The van der Waals surface area contributed by atoms with Crippen molar-refractivity contribution in [3.05, 3.63) is 0 Å². The molecule has 18 heavy (non-hydrogen) atoms. The maximum atomic E-state index is 5.80. The minimum atomic E-state index is 0.162. The molecule has 0 amide bonds. The van der Waals surface area contributed by atoms with E-state index in [0.717, 1.165) is 18.9 Å². The fourth-order valence-corrected chi connectivity index (χ4v) is 2.10. The topological polar surface area (TPSA) is 105 Å². The molecule has 2 aromatic rings. The summed E-state index contributed by atoms with van der Waals surface area (Å²) in [4.78, 5) is 12.4. The number of rotatable bonds is 4. The summed E-state index contributed by atoms with van der Waals surface area (Å²) in [5, 5.41) is 0. The molecule has 1 fully saturated rings. The zero-order valence-corrected chi connectivity index (χ0v) is 10.3. The number of imidazole rings is 1. The minimum absolute atomic E-state index is 0.162. The summed E-state index contributed by atoms with van der Waals surface area (Å²) < 4.78 is 7.18. The summed E-state index contributed by atoms with van der Waals surface area (Å²) in [5.74, 6) is 1.28. The largest absolute Gasteiger partial charge is 0.468 e. The maximum Gasteiger partial charge on any atom is 0.298 e. The van der Waals surface area contributed by atoms with Gasteiger partial charge in [-0.15, -0.1) is 0 Å². The number of ether oxygens (including phenoxy) is 1. The number of fused-ring (bicyclic) bond motifs is 1. The molecule has 0 atom stereocenters. The number of nitrogens with two attached hydrogens (primary N) is 2. The number of hydrogen-bond acceptors (Lipinski definition) is 6. The van der Waals surface area contributed by atoms with E-state index in [0.29, 0.717) is 23.0 Å². The van der Waals surface area contributed by atoms with Crippen molar-refractivity contribution in [2.45, 2.75) is 25.8 Å². The molecular weight excluding hydrogens is 232 g/mol. The summed E-state index contributed by atoms with van der Waals surface area (Å²) in [6, 6.07) is 0.511. The fraction of sp³-hybridized carbons (Fsp3) is 0.545. The highest BCUT2D eigenvalue weighted by atomic mass is 16.5. The number of aryl methyl sites for hydroxylation is 1. The van der Waals surface area contributed by atoms with Crippen LogP contribution in [0.2, 0.25) is 0 Å². The zero-order chi connectivity index (χ0) is 12.7. The lowest BCUT2D eigenvalue weighted by atomic mass is 10.3. The first kappa shape index (κ1) is 11.1. The smallest absolute Gasteiger partial charge is 0.298 e. The van der Waals surface area contributed by atoms with Crippen molar-refractivity contribution in [2.75, 3.05) is 18.6 Å². The molecule has 7 nitrogen and oxygen atoms in total. The van der Waals surface area contributed by atoms with Crippen LogP contribution < -0.4 is 16.2 Å². The van der Waals surface area contributed by atoms with E-state index in [4.69, 9.17) is 16.2 Å². The lowest BCUT2D eigenvalue weighted by molar-refractivity contribution is 0.355. The Bertz CT molecular complexity index is 589. The molecule has 0 unspecified atom stereocenters. The van der Waals surface area contributed by atoms with Gasteiger partial charge in [0.25, 0.3) is 6.01 Å². The number of methoxy groups -OCH3 is 1. The van der Waals surface area contributed by atoms with Crippen LogP contribution in [0, 0.1) is 5.92 Å². The van der Waals surface area contributed by atoms with Crippen molar-refractivity contribution in [2.24, 2.45) is 5.92 Å². The molecule has 96 valence electrons. The molecule has 2 heterocycles. The third-order valence-corrected chi connectivity index (χ3v) is 3.24. The van der Waals surface area contributed by atoms with Gasteiger partial charge in [0.05, 0.1) is 7.11 Å². The van der Waals surface area contributed by atoms with Gasteiger partial charge in [-0.05, 0) is 12.3 Å². The summed E-state index contributed by atoms with van der Waals surface area (Å²) in [6.45, 7) is 0.820. The van der Waals surface area contributed by atoms with E-state index in [9.17, 15) is 0 Å².